The van der Waals surface area contributed by atoms with Crippen LogP contribution in [0.4, 0.5) is 5.82 Å². The molecule has 2 N–H and O–H groups in total. The monoisotopic (exact) mass is 290 g/mol. The molecule has 1 heterocycles. The Morgan fingerprint density at radius 2 is 2.10 bits per heavy atom. The van der Waals surface area contributed by atoms with E-state index in [0.29, 0.717) is 17.4 Å². The first kappa shape index (κ1) is 15.7. The Morgan fingerprint density at radius 3 is 2.81 bits per heavy atom. The first-order valence-corrected chi connectivity index (χ1v) is 8.07. The highest BCUT2D eigenvalue weighted by Gasteiger charge is 2.22. The van der Waals surface area contributed by atoms with Crippen LogP contribution in [-0.2, 0) is 0 Å². The van der Waals surface area contributed by atoms with Crippen LogP contribution >= 0.6 is 0 Å². The van der Waals surface area contributed by atoms with Crippen molar-refractivity contribution in [2.24, 2.45) is 5.92 Å². The zero-order chi connectivity index (χ0) is 15.1. The number of carbonyl (C=O) groups excluding carboxylic acids is 1. The van der Waals surface area contributed by atoms with Crippen LogP contribution < -0.4 is 10.6 Å². The van der Waals surface area contributed by atoms with Gasteiger partial charge in [0, 0.05) is 12.6 Å². The number of carbonyl (C=O) groups is 1. The van der Waals surface area contributed by atoms with Gasteiger partial charge in [0.2, 0.25) is 0 Å². The van der Waals surface area contributed by atoms with Crippen LogP contribution in [0.5, 0.6) is 0 Å². The van der Waals surface area contributed by atoms with Gasteiger partial charge >= 0.3 is 0 Å². The van der Waals surface area contributed by atoms with Crippen molar-refractivity contribution in [1.29, 1.82) is 0 Å². The van der Waals surface area contributed by atoms with E-state index in [4.69, 9.17) is 0 Å². The average molecular weight is 290 g/mol. The SMILES string of the molecule is CCCNc1cncc(C(=O)NC(C)C2CCCCC2)n1. The van der Waals surface area contributed by atoms with Gasteiger partial charge in [-0.2, -0.15) is 0 Å². The number of amides is 1. The van der Waals surface area contributed by atoms with Crippen LogP contribution in [0.15, 0.2) is 12.4 Å². The molecule has 1 amide bonds. The maximum Gasteiger partial charge on any atom is 0.271 e. The summed E-state index contributed by atoms with van der Waals surface area (Å²) in [6.45, 7) is 5.02. The third kappa shape index (κ3) is 4.69. The van der Waals surface area contributed by atoms with Gasteiger partial charge in [-0.05, 0) is 32.1 Å². The Bertz CT molecular complexity index is 457. The third-order valence-electron chi connectivity index (χ3n) is 4.14. The Balaban J connectivity index is 1.92. The number of nitrogens with zero attached hydrogens (tertiary/aromatic N) is 2. The maximum absolute atomic E-state index is 12.3. The molecule has 116 valence electrons. The fourth-order valence-electron chi connectivity index (χ4n) is 2.85. The van der Waals surface area contributed by atoms with Crippen molar-refractivity contribution in [1.82, 2.24) is 15.3 Å². The molecule has 0 aliphatic heterocycles. The molecule has 1 saturated carbocycles. The van der Waals surface area contributed by atoms with Gasteiger partial charge in [0.15, 0.2) is 0 Å². The molecular formula is C16H26N4O. The standard InChI is InChI=1S/C16H26N4O/c1-3-9-18-15-11-17-10-14(20-15)16(21)19-12(2)13-7-5-4-6-8-13/h10-13H,3-9H2,1-2H3,(H,18,20)(H,19,21). The molecule has 0 spiro atoms. The van der Waals surface area contributed by atoms with Crippen LogP contribution in [0.25, 0.3) is 0 Å². The second-order valence-corrected chi connectivity index (χ2v) is 5.88. The lowest BCUT2D eigenvalue weighted by Crippen LogP contribution is -2.39. The maximum atomic E-state index is 12.3. The van der Waals surface area contributed by atoms with Crippen LogP contribution in [-0.4, -0.2) is 28.5 Å². The quantitative estimate of drug-likeness (QED) is 0.845. The molecule has 0 radical (unpaired) electrons. The summed E-state index contributed by atoms with van der Waals surface area (Å²) in [4.78, 5) is 20.7. The van der Waals surface area contributed by atoms with Crippen molar-refractivity contribution in [3.8, 4) is 0 Å². The summed E-state index contributed by atoms with van der Waals surface area (Å²) < 4.78 is 0. The summed E-state index contributed by atoms with van der Waals surface area (Å²) in [5, 5.41) is 6.23. The largest absolute Gasteiger partial charge is 0.369 e. The molecule has 0 saturated heterocycles. The third-order valence-corrected chi connectivity index (χ3v) is 4.14. The predicted molar refractivity (Wildman–Crippen MR) is 84.3 cm³/mol. The van der Waals surface area contributed by atoms with Gasteiger partial charge in [0.25, 0.3) is 5.91 Å². The van der Waals surface area contributed by atoms with E-state index in [0.717, 1.165) is 13.0 Å². The van der Waals surface area contributed by atoms with E-state index >= 15 is 0 Å². The van der Waals surface area contributed by atoms with Gasteiger partial charge in [-0.1, -0.05) is 26.2 Å². The molecule has 1 fully saturated rings. The summed E-state index contributed by atoms with van der Waals surface area (Å²) >= 11 is 0. The molecule has 2 rings (SSSR count). The molecule has 5 nitrogen and oxygen atoms in total. The minimum Gasteiger partial charge on any atom is -0.369 e. The minimum absolute atomic E-state index is 0.124. The fourth-order valence-corrected chi connectivity index (χ4v) is 2.85. The van der Waals surface area contributed by atoms with Crippen molar-refractivity contribution in [3.05, 3.63) is 18.1 Å². The first-order chi connectivity index (χ1) is 10.2. The number of anilines is 1. The second-order valence-electron chi connectivity index (χ2n) is 5.88. The van der Waals surface area contributed by atoms with Crippen molar-refractivity contribution >= 4 is 11.7 Å². The molecule has 21 heavy (non-hydrogen) atoms. The highest BCUT2D eigenvalue weighted by atomic mass is 16.1. The van der Waals surface area contributed by atoms with Gasteiger partial charge < -0.3 is 10.6 Å². The van der Waals surface area contributed by atoms with E-state index in [9.17, 15) is 4.79 Å². The fraction of sp³-hybridized carbons (Fsp3) is 0.688. The van der Waals surface area contributed by atoms with Crippen LogP contribution in [0.2, 0.25) is 0 Å². The predicted octanol–water partition coefficient (Wildman–Crippen LogP) is 3.00. The van der Waals surface area contributed by atoms with E-state index in [2.05, 4.69) is 34.4 Å². The Hall–Kier alpha value is -1.65. The smallest absolute Gasteiger partial charge is 0.271 e. The van der Waals surface area contributed by atoms with Crippen LogP contribution in [0.3, 0.4) is 0 Å². The van der Waals surface area contributed by atoms with Crippen molar-refractivity contribution in [3.63, 3.8) is 0 Å². The lowest BCUT2D eigenvalue weighted by atomic mass is 9.84. The van der Waals surface area contributed by atoms with E-state index in [1.807, 2.05) is 0 Å². The average Bonchev–Trinajstić information content (AvgIpc) is 2.54. The van der Waals surface area contributed by atoms with Gasteiger partial charge in [-0.15, -0.1) is 0 Å². The molecule has 1 unspecified atom stereocenters. The molecule has 0 bridgehead atoms. The summed E-state index contributed by atoms with van der Waals surface area (Å²) in [6, 6.07) is 0.201. The van der Waals surface area contributed by atoms with Crippen LogP contribution in [0, 0.1) is 5.92 Å². The Labute approximate surface area is 127 Å². The molecular weight excluding hydrogens is 264 g/mol. The highest BCUT2D eigenvalue weighted by Crippen LogP contribution is 2.26. The highest BCUT2D eigenvalue weighted by molar-refractivity contribution is 5.92. The van der Waals surface area contributed by atoms with Gasteiger partial charge in [0.1, 0.15) is 11.5 Å². The van der Waals surface area contributed by atoms with Gasteiger partial charge in [0.05, 0.1) is 12.4 Å². The molecule has 0 aromatic carbocycles. The molecule has 1 aliphatic carbocycles. The summed E-state index contributed by atoms with van der Waals surface area (Å²) in [7, 11) is 0. The Kier molecular flexibility index (Phi) is 5.96. The second kappa shape index (κ2) is 7.96. The van der Waals surface area contributed by atoms with Gasteiger partial charge in [-0.3, -0.25) is 9.78 Å². The molecule has 1 aliphatic rings. The minimum atomic E-state index is -0.124. The van der Waals surface area contributed by atoms with Crippen LogP contribution in [0.1, 0.15) is 62.9 Å². The summed E-state index contributed by atoms with van der Waals surface area (Å²) in [6.07, 6.45) is 10.5. The van der Waals surface area contributed by atoms with Crippen molar-refractivity contribution in [2.45, 2.75) is 58.4 Å². The van der Waals surface area contributed by atoms with Gasteiger partial charge in [-0.25, -0.2) is 4.98 Å². The number of hydrogen-bond acceptors (Lipinski definition) is 4. The van der Waals surface area contributed by atoms with Crippen molar-refractivity contribution in [2.75, 3.05) is 11.9 Å². The topological polar surface area (TPSA) is 66.9 Å². The van der Waals surface area contributed by atoms with E-state index in [-0.39, 0.29) is 11.9 Å². The number of nitrogens with one attached hydrogen (secondary N) is 2. The summed E-state index contributed by atoms with van der Waals surface area (Å²) in [5.41, 5.74) is 0.388. The number of hydrogen-bond donors (Lipinski definition) is 2. The van der Waals surface area contributed by atoms with E-state index in [1.54, 1.807) is 6.20 Å². The Morgan fingerprint density at radius 1 is 1.33 bits per heavy atom. The normalized spacial score (nSPS) is 17.2. The van der Waals surface area contributed by atoms with Crippen molar-refractivity contribution < 1.29 is 4.79 Å². The summed E-state index contributed by atoms with van der Waals surface area (Å²) in [5.74, 6) is 1.13. The zero-order valence-corrected chi connectivity index (χ0v) is 13.1. The first-order valence-electron chi connectivity index (χ1n) is 8.07. The zero-order valence-electron chi connectivity index (χ0n) is 13.1. The number of aromatic nitrogens is 2. The number of rotatable bonds is 6. The molecule has 1 aromatic rings. The molecule has 1 atom stereocenters. The molecule has 1 aromatic heterocycles. The van der Waals surface area contributed by atoms with E-state index in [1.165, 1.54) is 38.3 Å². The lowest BCUT2D eigenvalue weighted by Gasteiger charge is -2.28. The van der Waals surface area contributed by atoms with E-state index < -0.39 is 0 Å². The lowest BCUT2D eigenvalue weighted by molar-refractivity contribution is 0.0914. The molecule has 5 heteroatoms.